The van der Waals surface area contributed by atoms with Crippen LogP contribution in [0.25, 0.3) is 72.9 Å². The van der Waals surface area contributed by atoms with Crippen LogP contribution in [0.4, 0.5) is 0 Å². The van der Waals surface area contributed by atoms with Crippen LogP contribution in [0.1, 0.15) is 29.2 Å². The van der Waals surface area contributed by atoms with Crippen LogP contribution in [0.2, 0.25) is 0 Å². The molecular weight excluding hydrogens is 552 g/mol. The van der Waals surface area contributed by atoms with Gasteiger partial charge < -0.3 is 4.42 Å². The molecule has 5 heteroatoms. The number of allylic oxidation sites excluding steroid dienone is 1. The summed E-state index contributed by atoms with van der Waals surface area (Å²) in [5.41, 5.74) is 6.99. The van der Waals surface area contributed by atoms with E-state index in [2.05, 4.69) is 84.9 Å². The second kappa shape index (κ2) is 10.4. The van der Waals surface area contributed by atoms with Crippen LogP contribution in [0.3, 0.4) is 0 Å². The number of rotatable bonds is 4. The van der Waals surface area contributed by atoms with Gasteiger partial charge in [0.1, 0.15) is 11.3 Å². The number of hydrogen-bond donors (Lipinski definition) is 0. The highest BCUT2D eigenvalue weighted by atomic mass is 16.3. The van der Waals surface area contributed by atoms with E-state index in [4.69, 9.17) is 24.4 Å². The molecule has 0 radical (unpaired) electrons. The highest BCUT2D eigenvalue weighted by Crippen LogP contribution is 2.45. The summed E-state index contributed by atoms with van der Waals surface area (Å²) in [7, 11) is 0. The Balaban J connectivity index is 1.24. The molecule has 0 saturated heterocycles. The van der Waals surface area contributed by atoms with Gasteiger partial charge in [-0.3, -0.25) is 4.98 Å². The Bertz CT molecular complexity index is 2430. The molecule has 0 aliphatic heterocycles. The summed E-state index contributed by atoms with van der Waals surface area (Å²) in [5, 5.41) is 4.40. The van der Waals surface area contributed by atoms with Gasteiger partial charge in [-0.05, 0) is 47.0 Å². The topological polar surface area (TPSA) is 64.7 Å². The van der Waals surface area contributed by atoms with Crippen molar-refractivity contribution >= 4 is 38.7 Å². The molecule has 0 fully saturated rings. The zero-order chi connectivity index (χ0) is 29.7. The number of nitrogens with zero attached hydrogens (tertiary/aromatic N) is 4. The lowest BCUT2D eigenvalue weighted by molar-refractivity contribution is 0.592. The maximum atomic E-state index is 6.52. The molecule has 0 amide bonds. The van der Waals surface area contributed by atoms with E-state index in [-0.39, 0.29) is 5.92 Å². The molecule has 1 aliphatic carbocycles. The maximum Gasteiger partial charge on any atom is 0.164 e. The molecule has 3 aromatic heterocycles. The SMILES string of the molecule is C1=Cc2oc3c(cnc4ccccc43)c2C(c2ccccc2-c2nc(-c3ccccc3)nc(-c3ccc4ccccc4c3)n2)C1. The number of aromatic nitrogens is 4. The van der Waals surface area contributed by atoms with E-state index in [1.54, 1.807) is 0 Å². The van der Waals surface area contributed by atoms with E-state index in [1.807, 2.05) is 54.7 Å². The zero-order valence-electron chi connectivity index (χ0n) is 24.3. The summed E-state index contributed by atoms with van der Waals surface area (Å²) < 4.78 is 6.52. The first-order valence-corrected chi connectivity index (χ1v) is 15.2. The first-order chi connectivity index (χ1) is 22.3. The molecule has 5 nitrogen and oxygen atoms in total. The van der Waals surface area contributed by atoms with Crippen molar-refractivity contribution in [3.63, 3.8) is 0 Å². The molecule has 1 unspecified atom stereocenters. The minimum absolute atomic E-state index is 0.0477. The van der Waals surface area contributed by atoms with Crippen LogP contribution in [-0.4, -0.2) is 19.9 Å². The number of benzene rings is 5. The van der Waals surface area contributed by atoms with Crippen molar-refractivity contribution < 1.29 is 4.42 Å². The molecule has 8 aromatic rings. The maximum absolute atomic E-state index is 6.52. The van der Waals surface area contributed by atoms with Crippen molar-refractivity contribution in [3.8, 4) is 34.2 Å². The lowest BCUT2D eigenvalue weighted by Crippen LogP contribution is -2.08. The van der Waals surface area contributed by atoms with Gasteiger partial charge in [-0.1, -0.05) is 109 Å². The van der Waals surface area contributed by atoms with Gasteiger partial charge in [0.25, 0.3) is 0 Å². The van der Waals surface area contributed by atoms with Crippen LogP contribution in [0, 0.1) is 0 Å². The number of furan rings is 1. The van der Waals surface area contributed by atoms with Gasteiger partial charge in [0.2, 0.25) is 0 Å². The number of hydrogen-bond acceptors (Lipinski definition) is 5. The van der Waals surface area contributed by atoms with Gasteiger partial charge in [-0.15, -0.1) is 0 Å². The van der Waals surface area contributed by atoms with Crippen LogP contribution < -0.4 is 0 Å². The predicted octanol–water partition coefficient (Wildman–Crippen LogP) is 9.87. The molecular formula is C40H26N4O. The molecule has 1 atom stereocenters. The molecule has 9 rings (SSSR count). The Morgan fingerprint density at radius 1 is 0.600 bits per heavy atom. The quantitative estimate of drug-likeness (QED) is 0.208. The van der Waals surface area contributed by atoms with E-state index < -0.39 is 0 Å². The zero-order valence-corrected chi connectivity index (χ0v) is 24.3. The summed E-state index contributed by atoms with van der Waals surface area (Å²) in [4.78, 5) is 20.0. The summed E-state index contributed by atoms with van der Waals surface area (Å²) in [6.07, 6.45) is 7.09. The minimum Gasteiger partial charge on any atom is -0.456 e. The van der Waals surface area contributed by atoms with Gasteiger partial charge in [0.05, 0.1) is 5.52 Å². The molecule has 0 bridgehead atoms. The second-order valence-corrected chi connectivity index (χ2v) is 11.4. The second-order valence-electron chi connectivity index (χ2n) is 11.4. The molecule has 0 saturated carbocycles. The van der Waals surface area contributed by atoms with Gasteiger partial charge in [0.15, 0.2) is 17.5 Å². The van der Waals surface area contributed by atoms with E-state index in [9.17, 15) is 0 Å². The van der Waals surface area contributed by atoms with Crippen LogP contribution in [0.15, 0.2) is 138 Å². The lowest BCUT2D eigenvalue weighted by Gasteiger charge is -2.22. The van der Waals surface area contributed by atoms with E-state index in [0.717, 1.165) is 67.3 Å². The fourth-order valence-electron chi connectivity index (χ4n) is 6.58. The summed E-state index contributed by atoms with van der Waals surface area (Å²) >= 11 is 0. The van der Waals surface area contributed by atoms with Crippen LogP contribution >= 0.6 is 0 Å². The number of fused-ring (bicyclic) bond motifs is 6. The monoisotopic (exact) mass is 578 g/mol. The smallest absolute Gasteiger partial charge is 0.164 e. The summed E-state index contributed by atoms with van der Waals surface area (Å²) in [6, 6.07) is 41.5. The average molecular weight is 579 g/mol. The van der Waals surface area contributed by atoms with E-state index >= 15 is 0 Å². The van der Waals surface area contributed by atoms with Crippen molar-refractivity contribution in [2.24, 2.45) is 0 Å². The first-order valence-electron chi connectivity index (χ1n) is 15.2. The Morgan fingerprint density at radius 3 is 2.24 bits per heavy atom. The summed E-state index contributed by atoms with van der Waals surface area (Å²) in [6.45, 7) is 0. The predicted molar refractivity (Wildman–Crippen MR) is 181 cm³/mol. The van der Waals surface area contributed by atoms with Crippen molar-refractivity contribution in [2.45, 2.75) is 12.3 Å². The van der Waals surface area contributed by atoms with E-state index in [1.165, 1.54) is 5.39 Å². The molecule has 45 heavy (non-hydrogen) atoms. The van der Waals surface area contributed by atoms with E-state index in [0.29, 0.717) is 17.5 Å². The van der Waals surface area contributed by atoms with Crippen LogP contribution in [0.5, 0.6) is 0 Å². The lowest BCUT2D eigenvalue weighted by atomic mass is 9.81. The van der Waals surface area contributed by atoms with Gasteiger partial charge in [-0.25, -0.2) is 15.0 Å². The molecule has 0 N–H and O–H groups in total. The largest absolute Gasteiger partial charge is 0.456 e. The van der Waals surface area contributed by atoms with Gasteiger partial charge in [0, 0.05) is 45.1 Å². The molecule has 3 heterocycles. The fraction of sp³-hybridized carbons (Fsp3) is 0.0500. The van der Waals surface area contributed by atoms with Crippen LogP contribution in [-0.2, 0) is 0 Å². The standard InChI is InChI=1S/C40H26N4O/c1-2-12-26(13-3-1)38-42-39(28-22-21-25-11-4-5-14-27(25)23-28)44-40(43-38)31-16-7-6-15-29(31)30-18-10-20-35-36(30)33-24-41-34-19-9-8-17-32(34)37(33)45-35/h1-17,19-24,30H,18H2. The van der Waals surface area contributed by atoms with Crippen molar-refractivity contribution in [3.05, 3.63) is 150 Å². The Morgan fingerprint density at radius 2 is 1.33 bits per heavy atom. The van der Waals surface area contributed by atoms with Gasteiger partial charge in [-0.2, -0.15) is 0 Å². The minimum atomic E-state index is 0.0477. The molecule has 5 aromatic carbocycles. The van der Waals surface area contributed by atoms with Crippen molar-refractivity contribution in [1.82, 2.24) is 19.9 Å². The first kappa shape index (κ1) is 25.5. The number of pyridine rings is 1. The molecule has 212 valence electrons. The Kier molecular flexibility index (Phi) is 5.88. The van der Waals surface area contributed by atoms with Crippen molar-refractivity contribution in [2.75, 3.05) is 0 Å². The fourth-order valence-corrected chi connectivity index (χ4v) is 6.58. The third-order valence-electron chi connectivity index (χ3n) is 8.74. The Labute approximate surface area is 259 Å². The Hall–Kier alpha value is -5.94. The molecule has 0 spiro atoms. The highest BCUT2D eigenvalue weighted by Gasteiger charge is 2.29. The van der Waals surface area contributed by atoms with Gasteiger partial charge >= 0.3 is 0 Å². The highest BCUT2D eigenvalue weighted by molar-refractivity contribution is 6.04. The number of para-hydroxylation sites is 1. The summed E-state index contributed by atoms with van der Waals surface area (Å²) in [5.74, 6) is 2.87. The van der Waals surface area contributed by atoms with Crippen molar-refractivity contribution in [1.29, 1.82) is 0 Å². The average Bonchev–Trinajstić information content (AvgIpc) is 3.51. The third kappa shape index (κ3) is 4.32. The third-order valence-corrected chi connectivity index (χ3v) is 8.74. The normalized spacial score (nSPS) is 14.3. The molecule has 1 aliphatic rings.